The zero-order chi connectivity index (χ0) is 10.8. The van der Waals surface area contributed by atoms with E-state index < -0.39 is 23.6 Å². The first-order chi connectivity index (χ1) is 6.41. The molecule has 0 radical (unpaired) electrons. The Labute approximate surface area is 84.4 Å². The second-order valence-electron chi connectivity index (χ2n) is 3.18. The van der Waals surface area contributed by atoms with Crippen LogP contribution in [0.5, 0.6) is 0 Å². The van der Waals surface area contributed by atoms with Gasteiger partial charge in [-0.05, 0) is 0 Å². The van der Waals surface area contributed by atoms with Crippen molar-refractivity contribution in [3.05, 3.63) is 0 Å². The minimum absolute atomic E-state index is 0.00762. The molecule has 0 saturated carbocycles. The predicted octanol–water partition coefficient (Wildman–Crippen LogP) is 1.05. The molecule has 0 aromatic carbocycles. The van der Waals surface area contributed by atoms with Gasteiger partial charge >= 0.3 is 0 Å². The van der Waals surface area contributed by atoms with Gasteiger partial charge in [-0.2, -0.15) is 8.42 Å². The molecule has 1 unspecified atom stereocenters. The number of hydrogen-bond acceptors (Lipinski definition) is 5. The van der Waals surface area contributed by atoms with Gasteiger partial charge in [-0.15, -0.1) is 0 Å². The third-order valence-corrected chi connectivity index (χ3v) is 6.01. The summed E-state index contributed by atoms with van der Waals surface area (Å²) in [4.78, 5) is 0. The molecule has 5 nitrogen and oxygen atoms in total. The highest BCUT2D eigenvalue weighted by molar-refractivity contribution is 7.87. The van der Waals surface area contributed by atoms with Crippen molar-refractivity contribution in [2.24, 2.45) is 0 Å². The zero-order valence-electron chi connectivity index (χ0n) is 8.30. The van der Waals surface area contributed by atoms with Crippen LogP contribution in [0, 0.1) is 0 Å². The molecule has 1 saturated heterocycles. The van der Waals surface area contributed by atoms with Crippen molar-refractivity contribution in [3.63, 3.8) is 0 Å². The highest BCUT2D eigenvalue weighted by Crippen LogP contribution is 2.47. The molecule has 14 heavy (non-hydrogen) atoms. The van der Waals surface area contributed by atoms with E-state index in [1.54, 1.807) is 13.8 Å². The Kier molecular flexibility index (Phi) is 3.75. The Bertz CT molecular complexity index is 328. The summed E-state index contributed by atoms with van der Waals surface area (Å²) in [5, 5.41) is 0. The van der Waals surface area contributed by atoms with Crippen molar-refractivity contribution in [2.75, 3.05) is 24.7 Å². The topological polar surface area (TPSA) is 69.7 Å². The Morgan fingerprint density at radius 3 is 2.36 bits per heavy atom. The molecule has 0 aliphatic carbocycles. The summed E-state index contributed by atoms with van der Waals surface area (Å²) in [6.07, 6.45) is 0.297. The zero-order valence-corrected chi connectivity index (χ0v) is 10.0. The van der Waals surface area contributed by atoms with E-state index in [0.29, 0.717) is 12.3 Å². The third kappa shape index (κ3) is 3.05. The lowest BCUT2D eigenvalue weighted by Crippen LogP contribution is -2.16. The normalized spacial score (nSPS) is 26.6. The van der Waals surface area contributed by atoms with Gasteiger partial charge in [-0.1, -0.05) is 13.8 Å². The molecule has 0 N–H and O–H groups in total. The first-order valence-electron chi connectivity index (χ1n) is 4.54. The maximum atomic E-state index is 11.8. The lowest BCUT2D eigenvalue weighted by Gasteiger charge is -2.17. The minimum atomic E-state index is -3.43. The minimum Gasteiger partial charge on any atom is -0.321 e. The quantitative estimate of drug-likeness (QED) is 0.544. The second kappa shape index (κ2) is 4.31. The van der Waals surface area contributed by atoms with Crippen molar-refractivity contribution in [3.8, 4) is 0 Å². The number of hydrogen-bond donors (Lipinski definition) is 0. The van der Waals surface area contributed by atoms with Crippen LogP contribution >= 0.6 is 7.37 Å². The van der Waals surface area contributed by atoms with Crippen LogP contribution in [0.1, 0.15) is 13.8 Å². The Morgan fingerprint density at radius 2 is 2.00 bits per heavy atom. The van der Waals surface area contributed by atoms with Crippen LogP contribution in [-0.2, 0) is 23.4 Å². The summed E-state index contributed by atoms with van der Waals surface area (Å²) in [7, 11) is -6.06. The molecular formula is C7H15O5PS. The molecule has 7 heteroatoms. The van der Waals surface area contributed by atoms with E-state index in [1.165, 1.54) is 0 Å². The summed E-state index contributed by atoms with van der Waals surface area (Å²) in [5.41, 5.74) is 0. The lowest BCUT2D eigenvalue weighted by molar-refractivity contribution is 0.182. The van der Waals surface area contributed by atoms with E-state index in [4.69, 9.17) is 4.52 Å². The largest absolute Gasteiger partial charge is 0.321 e. The summed E-state index contributed by atoms with van der Waals surface area (Å²) in [6.45, 7) is 3.54. The first kappa shape index (κ1) is 12.2. The molecule has 1 aliphatic heterocycles. The lowest BCUT2D eigenvalue weighted by atomic mass is 10.5. The molecule has 1 atom stereocenters. The molecular weight excluding hydrogens is 227 g/mol. The molecule has 1 fully saturated rings. The summed E-state index contributed by atoms with van der Waals surface area (Å²) >= 11 is 0. The predicted molar refractivity (Wildman–Crippen MR) is 53.3 cm³/mol. The fourth-order valence-electron chi connectivity index (χ4n) is 1.21. The van der Waals surface area contributed by atoms with E-state index in [9.17, 15) is 13.0 Å². The molecule has 1 heterocycles. The molecule has 1 rings (SSSR count). The van der Waals surface area contributed by atoms with Gasteiger partial charge in [0.2, 0.25) is 7.37 Å². The molecule has 0 bridgehead atoms. The highest BCUT2D eigenvalue weighted by Gasteiger charge is 2.34. The second-order valence-corrected chi connectivity index (χ2v) is 7.97. The van der Waals surface area contributed by atoms with Gasteiger partial charge < -0.3 is 4.52 Å². The molecule has 84 valence electrons. The third-order valence-electron chi connectivity index (χ3n) is 2.13. The van der Waals surface area contributed by atoms with Crippen LogP contribution in [0.15, 0.2) is 0 Å². The van der Waals surface area contributed by atoms with Gasteiger partial charge in [0, 0.05) is 12.3 Å². The van der Waals surface area contributed by atoms with Gasteiger partial charge in [0.05, 0.1) is 6.61 Å². The van der Waals surface area contributed by atoms with Crippen molar-refractivity contribution < 1.29 is 21.7 Å². The maximum Gasteiger partial charge on any atom is 0.270 e. The Morgan fingerprint density at radius 1 is 1.43 bits per heavy atom. The van der Waals surface area contributed by atoms with E-state index in [2.05, 4.69) is 4.18 Å². The van der Waals surface area contributed by atoms with E-state index >= 15 is 0 Å². The van der Waals surface area contributed by atoms with Gasteiger partial charge in [0.25, 0.3) is 10.1 Å². The highest BCUT2D eigenvalue weighted by atomic mass is 32.2. The summed E-state index contributed by atoms with van der Waals surface area (Å²) < 4.78 is 43.5. The fourth-order valence-corrected chi connectivity index (χ4v) is 3.81. The van der Waals surface area contributed by atoms with Crippen LogP contribution in [-0.4, -0.2) is 39.2 Å². The molecule has 0 amide bonds. The summed E-state index contributed by atoms with van der Waals surface area (Å²) in [5.74, 6) is -0.184. The smallest absolute Gasteiger partial charge is 0.270 e. The standard InChI is InChI=1S/C7H15O5PS/c1-3-13(8,4-2)12-7-5-11-14(9,10)6-7/h7H,3-6H2,1-2H3. The van der Waals surface area contributed by atoms with Gasteiger partial charge in [0.15, 0.2) is 0 Å². The van der Waals surface area contributed by atoms with Crippen molar-refractivity contribution in [1.82, 2.24) is 0 Å². The molecule has 0 spiro atoms. The molecule has 0 aromatic rings. The average molecular weight is 242 g/mol. The summed E-state index contributed by atoms with van der Waals surface area (Å²) in [6, 6.07) is 0. The van der Waals surface area contributed by atoms with Crippen LogP contribution in [0.2, 0.25) is 0 Å². The van der Waals surface area contributed by atoms with Gasteiger partial charge in [-0.3, -0.25) is 8.75 Å². The van der Waals surface area contributed by atoms with E-state index in [1.807, 2.05) is 0 Å². The fraction of sp³-hybridized carbons (Fsp3) is 1.00. The van der Waals surface area contributed by atoms with Crippen molar-refractivity contribution in [1.29, 1.82) is 0 Å². The van der Waals surface area contributed by atoms with Crippen LogP contribution in [0.4, 0.5) is 0 Å². The van der Waals surface area contributed by atoms with Crippen molar-refractivity contribution >= 4 is 17.5 Å². The first-order valence-corrected chi connectivity index (χ1v) is 8.11. The molecule has 0 aromatic heterocycles. The monoisotopic (exact) mass is 242 g/mol. The maximum absolute atomic E-state index is 11.8. The van der Waals surface area contributed by atoms with Crippen LogP contribution < -0.4 is 0 Å². The Hall–Kier alpha value is 0.1000. The number of rotatable bonds is 4. The van der Waals surface area contributed by atoms with Gasteiger partial charge in [-0.25, -0.2) is 0 Å². The van der Waals surface area contributed by atoms with E-state index in [0.717, 1.165) is 0 Å². The van der Waals surface area contributed by atoms with Crippen LogP contribution in [0.3, 0.4) is 0 Å². The SMILES string of the molecule is CCP(=O)(CC)OC1COS(=O)(=O)C1. The molecule has 1 aliphatic rings. The van der Waals surface area contributed by atoms with E-state index in [-0.39, 0.29) is 12.4 Å². The van der Waals surface area contributed by atoms with Crippen molar-refractivity contribution in [2.45, 2.75) is 20.0 Å². The van der Waals surface area contributed by atoms with Crippen LogP contribution in [0.25, 0.3) is 0 Å². The van der Waals surface area contributed by atoms with Gasteiger partial charge in [0.1, 0.15) is 11.9 Å². The Balaban J connectivity index is 2.59. The average Bonchev–Trinajstić information content (AvgIpc) is 2.45.